The number of carbonyl (C=O) groups is 2. The van der Waals surface area contributed by atoms with Crippen LogP contribution in [-0.2, 0) is 16.1 Å². The molecule has 8 heteroatoms. The first-order chi connectivity index (χ1) is 14.6. The Morgan fingerprint density at radius 2 is 2.17 bits per heavy atom. The van der Waals surface area contributed by atoms with Crippen molar-refractivity contribution in [1.82, 2.24) is 10.3 Å². The van der Waals surface area contributed by atoms with Gasteiger partial charge in [-0.1, -0.05) is 23.7 Å². The van der Waals surface area contributed by atoms with E-state index in [-0.39, 0.29) is 18.4 Å². The molecule has 0 spiro atoms. The third-order valence-corrected chi connectivity index (χ3v) is 5.73. The van der Waals surface area contributed by atoms with E-state index in [9.17, 15) is 9.59 Å². The number of nitrogens with zero attached hydrogens (tertiary/aromatic N) is 2. The van der Waals surface area contributed by atoms with Gasteiger partial charge >= 0.3 is 0 Å². The lowest BCUT2D eigenvalue weighted by molar-refractivity contribution is -0.117. The number of amides is 2. The van der Waals surface area contributed by atoms with Gasteiger partial charge in [-0.25, -0.2) is 4.98 Å². The van der Waals surface area contributed by atoms with Gasteiger partial charge in [0.25, 0.3) is 5.91 Å². The Bertz CT molecular complexity index is 913. The topological polar surface area (TPSA) is 83.6 Å². The zero-order chi connectivity index (χ0) is 20.9. The molecule has 2 N–H and O–H groups in total. The number of rotatable bonds is 6. The Morgan fingerprint density at radius 1 is 1.33 bits per heavy atom. The maximum Gasteiger partial charge on any atom is 0.252 e. The third-order valence-electron chi connectivity index (χ3n) is 5.48. The monoisotopic (exact) mass is 428 g/mol. The molecule has 1 saturated heterocycles. The molecule has 0 bridgehead atoms. The first-order valence-electron chi connectivity index (χ1n) is 10.2. The van der Waals surface area contributed by atoms with E-state index in [2.05, 4.69) is 15.6 Å². The Morgan fingerprint density at radius 3 is 2.93 bits per heavy atom. The van der Waals surface area contributed by atoms with Gasteiger partial charge in [-0.3, -0.25) is 9.59 Å². The number of carbonyl (C=O) groups excluding carboxylic acids is 2. The number of pyridine rings is 1. The molecule has 158 valence electrons. The quantitative estimate of drug-likeness (QED) is 0.738. The Balaban J connectivity index is 1.44. The van der Waals surface area contributed by atoms with Crippen LogP contribution in [0.15, 0.2) is 36.5 Å². The van der Waals surface area contributed by atoms with E-state index >= 15 is 0 Å². The van der Waals surface area contributed by atoms with Gasteiger partial charge < -0.3 is 20.3 Å². The largest absolute Gasteiger partial charge is 0.381 e. The first-order valence-corrected chi connectivity index (χ1v) is 10.6. The number of halogens is 1. The summed E-state index contributed by atoms with van der Waals surface area (Å²) >= 11 is 5.96. The van der Waals surface area contributed by atoms with Crippen LogP contribution in [0.4, 0.5) is 11.5 Å². The average Bonchev–Trinajstić information content (AvgIpc) is 2.77. The van der Waals surface area contributed by atoms with Crippen molar-refractivity contribution >= 4 is 34.9 Å². The number of fused-ring (bicyclic) bond motifs is 1. The van der Waals surface area contributed by atoms with Gasteiger partial charge in [0.2, 0.25) is 5.91 Å². The standard InChI is InChI=1S/C22H25ClN4O3/c23-18-5-3-15(4-6-18)13-27-19-10-17(11-25-21(19)26-12-20(27)28)22(29)24-8-7-16-2-1-9-30-14-16/h3-6,10-11,16H,1-2,7-9,12-14H2,(H,24,29)(H,25,26). The van der Waals surface area contributed by atoms with Crippen LogP contribution in [0.3, 0.4) is 0 Å². The molecule has 0 radical (unpaired) electrons. The summed E-state index contributed by atoms with van der Waals surface area (Å²) in [6.07, 6.45) is 4.66. The SMILES string of the molecule is O=C(NCCC1CCCOC1)c1cnc2c(c1)N(Cc1ccc(Cl)cc1)C(=O)CN2. The second kappa shape index (κ2) is 9.45. The van der Waals surface area contributed by atoms with E-state index < -0.39 is 0 Å². The fourth-order valence-electron chi connectivity index (χ4n) is 3.78. The number of benzene rings is 1. The van der Waals surface area contributed by atoms with E-state index in [4.69, 9.17) is 16.3 Å². The van der Waals surface area contributed by atoms with Crippen molar-refractivity contribution in [2.45, 2.75) is 25.8 Å². The molecule has 1 unspecified atom stereocenters. The van der Waals surface area contributed by atoms with Crippen LogP contribution in [-0.4, -0.2) is 43.1 Å². The number of nitrogens with one attached hydrogen (secondary N) is 2. The molecule has 1 aromatic heterocycles. The molecular formula is C22H25ClN4O3. The fourth-order valence-corrected chi connectivity index (χ4v) is 3.91. The summed E-state index contributed by atoms with van der Waals surface area (Å²) in [6.45, 7) is 2.75. The van der Waals surface area contributed by atoms with Crippen molar-refractivity contribution in [3.8, 4) is 0 Å². The van der Waals surface area contributed by atoms with Gasteiger partial charge in [-0.2, -0.15) is 0 Å². The second-order valence-corrected chi connectivity index (χ2v) is 8.12. The Hall–Kier alpha value is -2.64. The summed E-state index contributed by atoms with van der Waals surface area (Å²) < 4.78 is 5.49. The smallest absolute Gasteiger partial charge is 0.252 e. The normalized spacial score (nSPS) is 18.5. The van der Waals surface area contributed by atoms with Crippen molar-refractivity contribution in [2.24, 2.45) is 5.92 Å². The average molecular weight is 429 g/mol. The van der Waals surface area contributed by atoms with Crippen LogP contribution < -0.4 is 15.5 Å². The van der Waals surface area contributed by atoms with Gasteiger partial charge in [0, 0.05) is 31.0 Å². The van der Waals surface area contributed by atoms with Gasteiger partial charge in [0.05, 0.1) is 24.3 Å². The Labute approximate surface area is 180 Å². The highest BCUT2D eigenvalue weighted by Gasteiger charge is 2.26. The molecule has 3 heterocycles. The summed E-state index contributed by atoms with van der Waals surface area (Å²) in [4.78, 5) is 31.2. The number of hydrogen-bond acceptors (Lipinski definition) is 5. The van der Waals surface area contributed by atoms with Crippen LogP contribution >= 0.6 is 11.6 Å². The summed E-state index contributed by atoms with van der Waals surface area (Å²) in [5, 5.41) is 6.63. The molecule has 0 aliphatic carbocycles. The summed E-state index contributed by atoms with van der Waals surface area (Å²) in [6, 6.07) is 9.09. The third kappa shape index (κ3) is 4.91. The van der Waals surface area contributed by atoms with Crippen LogP contribution in [0.5, 0.6) is 0 Å². The van der Waals surface area contributed by atoms with E-state index in [1.807, 2.05) is 12.1 Å². The highest BCUT2D eigenvalue weighted by molar-refractivity contribution is 6.30. The highest BCUT2D eigenvalue weighted by Crippen LogP contribution is 2.30. The molecule has 1 fully saturated rings. The predicted molar refractivity (Wildman–Crippen MR) is 116 cm³/mol. The molecule has 2 aromatic rings. The van der Waals surface area contributed by atoms with E-state index in [0.29, 0.717) is 41.1 Å². The van der Waals surface area contributed by atoms with Crippen molar-refractivity contribution in [3.05, 3.63) is 52.7 Å². The number of anilines is 2. The van der Waals surface area contributed by atoms with Gasteiger partial charge in [-0.05, 0) is 48.9 Å². The van der Waals surface area contributed by atoms with Gasteiger partial charge in [0.15, 0.2) is 5.82 Å². The minimum Gasteiger partial charge on any atom is -0.381 e. The molecule has 7 nitrogen and oxygen atoms in total. The van der Waals surface area contributed by atoms with Gasteiger partial charge in [-0.15, -0.1) is 0 Å². The lowest BCUT2D eigenvalue weighted by Crippen LogP contribution is -2.40. The van der Waals surface area contributed by atoms with E-state index in [1.54, 1.807) is 29.3 Å². The molecular weight excluding hydrogens is 404 g/mol. The molecule has 2 aliphatic heterocycles. The van der Waals surface area contributed by atoms with Crippen molar-refractivity contribution in [3.63, 3.8) is 0 Å². The van der Waals surface area contributed by atoms with E-state index in [1.165, 1.54) is 0 Å². The van der Waals surface area contributed by atoms with Crippen molar-refractivity contribution in [2.75, 3.05) is 36.5 Å². The molecule has 30 heavy (non-hydrogen) atoms. The van der Waals surface area contributed by atoms with Crippen LogP contribution in [0, 0.1) is 5.92 Å². The first kappa shape index (κ1) is 20.6. The maximum atomic E-state index is 12.6. The number of ether oxygens (including phenoxy) is 1. The molecule has 0 saturated carbocycles. The van der Waals surface area contributed by atoms with Crippen LogP contribution in [0.1, 0.15) is 35.2 Å². The molecule has 1 aromatic carbocycles. The second-order valence-electron chi connectivity index (χ2n) is 7.68. The predicted octanol–water partition coefficient (Wildman–Crippen LogP) is 3.24. The fraction of sp³-hybridized carbons (Fsp3) is 0.409. The molecule has 2 amide bonds. The van der Waals surface area contributed by atoms with Crippen LogP contribution in [0.25, 0.3) is 0 Å². The Kier molecular flexibility index (Phi) is 6.50. The van der Waals surface area contributed by atoms with Crippen molar-refractivity contribution in [1.29, 1.82) is 0 Å². The van der Waals surface area contributed by atoms with E-state index in [0.717, 1.165) is 38.0 Å². The molecule has 4 rings (SSSR count). The van der Waals surface area contributed by atoms with Crippen LogP contribution in [0.2, 0.25) is 5.02 Å². The lowest BCUT2D eigenvalue weighted by atomic mass is 9.99. The zero-order valence-corrected chi connectivity index (χ0v) is 17.5. The molecule has 1 atom stereocenters. The lowest BCUT2D eigenvalue weighted by Gasteiger charge is -2.30. The van der Waals surface area contributed by atoms with Gasteiger partial charge in [0.1, 0.15) is 0 Å². The highest BCUT2D eigenvalue weighted by atomic mass is 35.5. The maximum absolute atomic E-state index is 12.6. The molecule has 2 aliphatic rings. The minimum atomic E-state index is -0.188. The minimum absolute atomic E-state index is 0.0749. The summed E-state index contributed by atoms with van der Waals surface area (Å²) in [5.41, 5.74) is 1.99. The number of hydrogen-bond donors (Lipinski definition) is 2. The number of aromatic nitrogens is 1. The summed E-state index contributed by atoms with van der Waals surface area (Å²) in [7, 11) is 0. The summed E-state index contributed by atoms with van der Waals surface area (Å²) in [5.74, 6) is 0.831. The zero-order valence-electron chi connectivity index (χ0n) is 16.7. The van der Waals surface area contributed by atoms with Crippen molar-refractivity contribution < 1.29 is 14.3 Å².